The number of oxazole rings is 1. The molecule has 0 aliphatic carbocycles. The molecule has 18 aromatic rings. The highest BCUT2D eigenvalue weighted by Gasteiger charge is 2.38. The molecule has 0 spiro atoms. The topological polar surface area (TPSA) is 58.6 Å². The zero-order valence-electron chi connectivity index (χ0n) is 53.2. The molecule has 0 bridgehead atoms. The van der Waals surface area contributed by atoms with Crippen LogP contribution in [0.25, 0.3) is 166 Å². The fourth-order valence-corrected chi connectivity index (χ4v) is 15.2. The average molecular weight is 1200 g/mol. The van der Waals surface area contributed by atoms with Crippen LogP contribution in [0, 0.1) is 55.4 Å². The minimum Gasteiger partial charge on any atom is -0.436 e. The summed E-state index contributed by atoms with van der Waals surface area (Å²) in [5.41, 5.74) is 29.5. The van der Waals surface area contributed by atoms with E-state index in [1.807, 2.05) is 0 Å². The van der Waals surface area contributed by atoms with Crippen molar-refractivity contribution < 1.29 is 4.42 Å². The summed E-state index contributed by atoms with van der Waals surface area (Å²) in [6.07, 6.45) is 0. The molecule has 7 heteroatoms. The maximum absolute atomic E-state index is 7.65. The number of para-hydroxylation sites is 2. The van der Waals surface area contributed by atoms with Gasteiger partial charge in [-0.3, -0.25) is 0 Å². The summed E-state index contributed by atoms with van der Waals surface area (Å²) in [5.74, 6) is 0.486. The molecule has 18 rings (SSSR count). The van der Waals surface area contributed by atoms with E-state index in [4.69, 9.17) is 14.4 Å². The summed E-state index contributed by atoms with van der Waals surface area (Å²) in [6, 6.07) is 90.2. The number of hydrogen-bond acceptors (Lipinski definition) is 3. The molecule has 6 heterocycles. The second kappa shape index (κ2) is 20.5. The number of rotatable bonds is 8. The van der Waals surface area contributed by atoms with E-state index in [1.54, 1.807) is 0 Å². The molecule has 7 nitrogen and oxygen atoms in total. The molecule has 0 aliphatic heterocycles. The molecule has 0 unspecified atom stereocenters. The third-order valence-corrected chi connectivity index (χ3v) is 19.4. The largest absolute Gasteiger partial charge is 0.436 e. The van der Waals surface area contributed by atoms with E-state index >= 15 is 0 Å². The van der Waals surface area contributed by atoms with Gasteiger partial charge >= 0.3 is 0 Å². The van der Waals surface area contributed by atoms with E-state index < -0.39 is 0 Å². The van der Waals surface area contributed by atoms with Crippen LogP contribution >= 0.6 is 0 Å². The summed E-state index contributed by atoms with van der Waals surface area (Å²) in [4.78, 5) is 11.8. The van der Waals surface area contributed by atoms with Crippen LogP contribution < -0.4 is 0 Å². The maximum Gasteiger partial charge on any atom is 0.231 e. The third-order valence-electron chi connectivity index (χ3n) is 19.4. The molecule has 0 fully saturated rings. The second-order valence-corrected chi connectivity index (χ2v) is 26.0. The number of nitrogens with zero attached hydrogens (tertiary/aromatic N) is 6. The number of hydrogen-bond donors (Lipinski definition) is 0. The van der Waals surface area contributed by atoms with Crippen LogP contribution in [0.5, 0.6) is 0 Å². The van der Waals surface area contributed by atoms with Crippen molar-refractivity contribution in [2.75, 3.05) is 0 Å². The van der Waals surface area contributed by atoms with Crippen LogP contribution in [0.3, 0.4) is 0 Å². The maximum atomic E-state index is 7.65. The molecular weight excluding hydrogens is 1130 g/mol. The predicted molar refractivity (Wildman–Crippen MR) is 389 cm³/mol. The first-order valence-electron chi connectivity index (χ1n) is 32.2. The highest BCUT2D eigenvalue weighted by atomic mass is 16.3. The zero-order valence-corrected chi connectivity index (χ0v) is 53.2. The lowest BCUT2D eigenvalue weighted by atomic mass is 9.90. The van der Waals surface area contributed by atoms with E-state index in [0.29, 0.717) is 11.5 Å². The van der Waals surface area contributed by atoms with Gasteiger partial charge in [-0.1, -0.05) is 166 Å². The summed E-state index contributed by atoms with van der Waals surface area (Å²) < 4.78 is 18.0. The Balaban J connectivity index is 1.24. The van der Waals surface area contributed by atoms with Crippen molar-refractivity contribution in [3.05, 3.63) is 287 Å². The van der Waals surface area contributed by atoms with E-state index in [1.165, 1.54) is 44.5 Å². The molecule has 0 amide bonds. The number of fused-ring (bicyclic) bond motifs is 13. The number of pyridine rings is 1. The molecule has 12 aromatic carbocycles. The van der Waals surface area contributed by atoms with Gasteiger partial charge in [0.1, 0.15) is 5.52 Å². The highest BCUT2D eigenvalue weighted by molar-refractivity contribution is 6.19. The Morgan fingerprint density at radius 2 is 0.570 bits per heavy atom. The molecule has 0 aliphatic rings. The van der Waals surface area contributed by atoms with E-state index in [0.717, 1.165) is 155 Å². The minimum atomic E-state index is 0.486. The fourth-order valence-electron chi connectivity index (χ4n) is 15.2. The van der Waals surface area contributed by atoms with Crippen molar-refractivity contribution in [2.24, 2.45) is 0 Å². The Morgan fingerprint density at radius 3 is 0.903 bits per heavy atom. The van der Waals surface area contributed by atoms with Crippen LogP contribution in [-0.4, -0.2) is 28.2 Å². The Kier molecular flexibility index (Phi) is 12.0. The number of aromatic nitrogens is 6. The van der Waals surface area contributed by atoms with Crippen LogP contribution in [0.15, 0.2) is 247 Å². The van der Waals surface area contributed by atoms with Gasteiger partial charge in [-0.25, -0.2) is 9.97 Å². The van der Waals surface area contributed by atoms with Gasteiger partial charge in [0.25, 0.3) is 0 Å². The second-order valence-electron chi connectivity index (χ2n) is 26.0. The number of benzene rings is 12. The molecule has 93 heavy (non-hydrogen) atoms. The van der Waals surface area contributed by atoms with Crippen molar-refractivity contribution in [2.45, 2.75) is 55.4 Å². The number of aryl methyl sites for hydroxylation is 8. The van der Waals surface area contributed by atoms with E-state index in [9.17, 15) is 0 Å². The molecule has 0 atom stereocenters. The normalized spacial score (nSPS) is 12.1. The molecule has 0 saturated heterocycles. The van der Waals surface area contributed by atoms with Crippen molar-refractivity contribution in [1.29, 1.82) is 0 Å². The molecule has 0 saturated carbocycles. The first kappa shape index (κ1) is 54.4. The van der Waals surface area contributed by atoms with Crippen molar-refractivity contribution in [1.82, 2.24) is 28.2 Å². The monoisotopic (exact) mass is 1200 g/mol. The van der Waals surface area contributed by atoms with Gasteiger partial charge < -0.3 is 22.7 Å². The lowest BCUT2D eigenvalue weighted by Crippen LogP contribution is -2.16. The quantitative estimate of drug-likeness (QED) is 0.152. The Bertz CT molecular complexity index is 5660. The van der Waals surface area contributed by atoms with Gasteiger partial charge in [0, 0.05) is 65.3 Å². The fraction of sp³-hybridized carbons (Fsp3) is 0.0930. The standard InChI is InChI=1S/C86H64N6O/c1-49-23-33-70-60(41-49)61-42-50(2)24-34-71(61)89(70)82-79(59-31-32-68(57-17-11-9-12-18-57)87-81(59)58-19-13-10-14-20-58)83(90-72-35-25-51(3)43-62(72)63-44-52(4)26-36-73(63)90)85(92-76-39-29-55(7)47-66(76)67-48-56(8)30-40-77(67)92)80(86-88-69-21-15-16-22-78(69)93-86)84(82)91-74-37-27-53(5)45-64(74)65-46-54(6)28-38-75(65)91/h9-48H,1-8H3. The van der Waals surface area contributed by atoms with Crippen LogP contribution in [-0.2, 0) is 0 Å². The van der Waals surface area contributed by atoms with Gasteiger partial charge in [0.2, 0.25) is 5.89 Å². The van der Waals surface area contributed by atoms with Crippen LogP contribution in [0.4, 0.5) is 0 Å². The van der Waals surface area contributed by atoms with Gasteiger partial charge in [-0.05, 0) is 177 Å². The van der Waals surface area contributed by atoms with Crippen molar-refractivity contribution in [3.8, 4) is 67.8 Å². The minimum absolute atomic E-state index is 0.486. The summed E-state index contributed by atoms with van der Waals surface area (Å²) in [5, 5.41) is 9.24. The molecule has 0 radical (unpaired) electrons. The summed E-state index contributed by atoms with van der Waals surface area (Å²) >= 11 is 0. The lowest BCUT2D eigenvalue weighted by Gasteiger charge is -2.31. The van der Waals surface area contributed by atoms with Gasteiger partial charge in [0.05, 0.1) is 83.8 Å². The summed E-state index contributed by atoms with van der Waals surface area (Å²) in [7, 11) is 0. The lowest BCUT2D eigenvalue weighted by molar-refractivity contribution is 0.619. The summed E-state index contributed by atoms with van der Waals surface area (Å²) in [6.45, 7) is 17.7. The first-order valence-corrected chi connectivity index (χ1v) is 32.2. The molecular formula is C86H64N6O. The molecule has 444 valence electrons. The third kappa shape index (κ3) is 8.29. The van der Waals surface area contributed by atoms with Gasteiger partial charge in [0.15, 0.2) is 5.58 Å². The van der Waals surface area contributed by atoms with Gasteiger partial charge in [-0.2, -0.15) is 0 Å². The van der Waals surface area contributed by atoms with Crippen molar-refractivity contribution >= 4 is 98.3 Å². The van der Waals surface area contributed by atoms with E-state index in [-0.39, 0.29) is 0 Å². The molecule has 6 aromatic heterocycles. The van der Waals surface area contributed by atoms with Crippen molar-refractivity contribution in [3.63, 3.8) is 0 Å². The Labute approximate surface area is 538 Å². The Morgan fingerprint density at radius 1 is 0.269 bits per heavy atom. The molecule has 0 N–H and O–H groups in total. The smallest absolute Gasteiger partial charge is 0.231 e. The Hall–Kier alpha value is -11.5. The van der Waals surface area contributed by atoms with Crippen LogP contribution in [0.2, 0.25) is 0 Å². The SMILES string of the molecule is Cc1ccc2c(c1)c1cc(C)ccc1n2-c1c(-c2nc3ccccc3o2)c(-n2c3ccc(C)cc3c3cc(C)ccc32)c(-n2c3ccc(C)cc3c3cc(C)ccc32)c(-c2ccc(-c3ccccc3)nc2-c2ccccc2)c1-n1c2ccc(C)cc2c2cc(C)ccc21. The van der Waals surface area contributed by atoms with Gasteiger partial charge in [-0.15, -0.1) is 0 Å². The zero-order chi connectivity index (χ0) is 62.7. The van der Waals surface area contributed by atoms with Crippen LogP contribution in [0.1, 0.15) is 44.5 Å². The highest BCUT2D eigenvalue weighted by Crippen LogP contribution is 2.56. The van der Waals surface area contributed by atoms with E-state index in [2.05, 4.69) is 316 Å². The average Bonchev–Trinajstić information content (AvgIpc) is 1.36. The first-order chi connectivity index (χ1) is 45.4. The predicted octanol–water partition coefficient (Wildman–Crippen LogP) is 22.7.